The van der Waals surface area contributed by atoms with Gasteiger partial charge in [0.05, 0.1) is 0 Å². The summed E-state index contributed by atoms with van der Waals surface area (Å²) < 4.78 is 8.77. The van der Waals surface area contributed by atoms with E-state index in [1.54, 1.807) is 12.5 Å². The van der Waals surface area contributed by atoms with E-state index in [-0.39, 0.29) is 5.91 Å². The molecule has 1 unspecified atom stereocenters. The second-order valence-electron chi connectivity index (χ2n) is 7.60. The van der Waals surface area contributed by atoms with Gasteiger partial charge in [-0.15, -0.1) is 0 Å². The molecule has 0 saturated heterocycles. The number of carbonyl (C=O) groups excluding carboxylic acids is 1. The molecule has 2 aromatic carbocycles. The number of aryl methyl sites for hydroxylation is 2. The predicted molar refractivity (Wildman–Crippen MR) is 127 cm³/mol. The summed E-state index contributed by atoms with van der Waals surface area (Å²) in [6.45, 7) is 5.08. The number of para-hydroxylation sites is 1. The summed E-state index contributed by atoms with van der Waals surface area (Å²) in [4.78, 5) is 21.4. The molecule has 7 heteroatoms. The van der Waals surface area contributed by atoms with E-state index in [4.69, 9.17) is 4.74 Å². The molecule has 1 atom stereocenters. The van der Waals surface area contributed by atoms with Gasteiger partial charge in [0, 0.05) is 0 Å². The molecule has 0 radical (unpaired) electrons. The molecule has 0 aliphatic carbocycles. The molecule has 2 heterocycles. The van der Waals surface area contributed by atoms with Gasteiger partial charge >= 0.3 is 125 Å². The monoisotopic (exact) mass is 488 g/mol. The first-order chi connectivity index (χ1) is 15.5. The third-order valence-electron chi connectivity index (χ3n) is 5.13. The maximum absolute atomic E-state index is 12.6. The molecule has 0 fully saturated rings. The van der Waals surface area contributed by atoms with Crippen LogP contribution in [0.1, 0.15) is 32.9 Å². The molecule has 0 saturated carbocycles. The number of imidazole rings is 1. The number of hydrogen-bond donors (Lipinski definition) is 1. The van der Waals surface area contributed by atoms with E-state index in [1.165, 1.54) is 16.9 Å². The number of carbonyl (C=O) groups is 1. The Hall–Kier alpha value is -3.37. The Labute approximate surface area is 196 Å². The van der Waals surface area contributed by atoms with Crippen molar-refractivity contribution in [3.05, 3.63) is 101 Å². The van der Waals surface area contributed by atoms with Gasteiger partial charge in [-0.3, -0.25) is 0 Å². The first kappa shape index (κ1) is 21.8. The minimum atomic E-state index is -0.195. The molecule has 0 spiro atoms. The van der Waals surface area contributed by atoms with Crippen molar-refractivity contribution in [2.75, 3.05) is 0 Å². The van der Waals surface area contributed by atoms with Crippen LogP contribution in [-0.4, -0.2) is 37.3 Å². The third kappa shape index (κ3) is 5.45. The third-order valence-corrected chi connectivity index (χ3v) is 5.75. The average molecular weight is 488 g/mol. The van der Waals surface area contributed by atoms with Crippen LogP contribution >= 0.6 is 0 Å². The van der Waals surface area contributed by atoms with Crippen molar-refractivity contribution in [2.24, 2.45) is 0 Å². The fourth-order valence-electron chi connectivity index (χ4n) is 3.48. The van der Waals surface area contributed by atoms with Gasteiger partial charge in [0.25, 0.3) is 0 Å². The van der Waals surface area contributed by atoms with Crippen molar-refractivity contribution < 1.29 is 9.53 Å². The van der Waals surface area contributed by atoms with Crippen molar-refractivity contribution >= 4 is 27.2 Å². The number of nitrogens with one attached hydrogen (secondary N) is 1. The van der Waals surface area contributed by atoms with Gasteiger partial charge in [-0.1, -0.05) is 30.3 Å². The molecule has 2 aromatic heterocycles. The molecule has 0 bridgehead atoms. The molecule has 0 aliphatic rings. The van der Waals surface area contributed by atoms with Gasteiger partial charge < -0.3 is 4.74 Å². The van der Waals surface area contributed by atoms with Gasteiger partial charge in [-0.2, -0.15) is 0 Å². The normalized spacial score (nSPS) is 10.7. The Bertz CT molecular complexity index is 1200. The number of rotatable bonds is 7. The first-order valence-corrected chi connectivity index (χ1v) is 11.5. The topological polar surface area (TPSA) is 69.0 Å². The van der Waals surface area contributed by atoms with Gasteiger partial charge in [0.2, 0.25) is 0 Å². The molecule has 1 N–H and O–H groups in total. The van der Waals surface area contributed by atoms with Gasteiger partial charge in [-0.05, 0) is 24.3 Å². The molecular weight excluding hydrogens is 463 g/mol. The second-order valence-corrected chi connectivity index (χ2v) is 8.84. The zero-order chi connectivity index (χ0) is 22.5. The number of nitrogens with zero attached hydrogens (tertiary/aromatic N) is 3. The van der Waals surface area contributed by atoms with Crippen LogP contribution in [-0.2, 0) is 13.1 Å². The van der Waals surface area contributed by atoms with Crippen LogP contribution in [0.15, 0.2) is 73.2 Å². The van der Waals surface area contributed by atoms with Crippen molar-refractivity contribution in [3.63, 3.8) is 0 Å². The molecule has 162 valence electrons. The summed E-state index contributed by atoms with van der Waals surface area (Å²) in [6.07, 6.45) is 3.44. The fraction of sp³-hybridized carbons (Fsp3) is 0.160. The molecule has 32 heavy (non-hydrogen) atoms. The Morgan fingerprint density at radius 3 is 2.50 bits per heavy atom. The molecule has 1 amide bonds. The summed E-state index contributed by atoms with van der Waals surface area (Å²) >= 11 is 1.50. The number of amides is 1. The van der Waals surface area contributed by atoms with E-state index in [1.807, 2.05) is 73.0 Å². The van der Waals surface area contributed by atoms with Crippen molar-refractivity contribution in [2.45, 2.75) is 26.9 Å². The van der Waals surface area contributed by atoms with Gasteiger partial charge in [-0.25, -0.2) is 0 Å². The van der Waals surface area contributed by atoms with Crippen LogP contribution in [0.25, 0.3) is 0 Å². The van der Waals surface area contributed by atoms with Crippen LogP contribution in [0.5, 0.6) is 11.5 Å². The first-order valence-electron chi connectivity index (χ1n) is 10.3. The number of aromatic nitrogens is 3. The van der Waals surface area contributed by atoms with E-state index in [0.717, 1.165) is 38.4 Å². The van der Waals surface area contributed by atoms with E-state index in [9.17, 15) is 4.79 Å². The second kappa shape index (κ2) is 9.84. The molecule has 6 nitrogen and oxygen atoms in total. The van der Waals surface area contributed by atoms with E-state index < -0.39 is 0 Å². The van der Waals surface area contributed by atoms with Crippen LogP contribution < -0.4 is 14.5 Å². The average Bonchev–Trinajstić information content (AvgIpc) is 3.23. The van der Waals surface area contributed by atoms with Gasteiger partial charge in [0.15, 0.2) is 0 Å². The van der Waals surface area contributed by atoms with Crippen LogP contribution in [0.3, 0.4) is 0 Å². The quantitative estimate of drug-likeness (QED) is 0.407. The fourth-order valence-corrected chi connectivity index (χ4v) is 4.41. The van der Waals surface area contributed by atoms with Crippen LogP contribution in [0.2, 0.25) is 0 Å². The molecule has 4 aromatic rings. The summed E-state index contributed by atoms with van der Waals surface area (Å²) in [7, 11) is 0. The molecule has 4 rings (SSSR count). The Balaban J connectivity index is 1.35. The van der Waals surface area contributed by atoms with E-state index in [2.05, 4.69) is 21.4 Å². The summed E-state index contributed by atoms with van der Waals surface area (Å²) in [6, 6.07) is 19.6. The predicted octanol–water partition coefficient (Wildman–Crippen LogP) is 2.92. The zero-order valence-electron chi connectivity index (χ0n) is 18.1. The zero-order valence-corrected chi connectivity index (χ0v) is 20.5. The number of hydrogen-bond acceptors (Lipinski definition) is 4. The maximum atomic E-state index is 12.6. The summed E-state index contributed by atoms with van der Waals surface area (Å²) in [5.74, 6) is 1.39. The van der Waals surface area contributed by atoms with Crippen LogP contribution in [0, 0.1) is 13.8 Å². The summed E-state index contributed by atoms with van der Waals surface area (Å²) in [5.41, 5.74) is 4.63. The Kier molecular flexibility index (Phi) is 6.71. The standard InChI is InChI=1S/C25H25AsN4O2/c1-17-12-24(26)29-18(2)22(17)13-27-25(31)23-15-30(16-28-23)14-19-8-10-21(11-9-19)32-20-6-4-3-5-7-20/h3-12,15-16H,13-14,26H2,1-2H3,(H,27,31). The molecule has 0 aliphatic heterocycles. The number of benzene rings is 2. The van der Waals surface area contributed by atoms with Gasteiger partial charge in [0.1, 0.15) is 11.5 Å². The van der Waals surface area contributed by atoms with E-state index in [0.29, 0.717) is 18.8 Å². The summed E-state index contributed by atoms with van der Waals surface area (Å²) in [5, 5.41) is 2.96. The number of pyridine rings is 1. The minimum absolute atomic E-state index is 0.195. The van der Waals surface area contributed by atoms with Crippen molar-refractivity contribution in [1.82, 2.24) is 19.9 Å². The SMILES string of the molecule is Cc1cc([AsH2])nc(C)c1CNC(=O)c1cn(Cc2ccc(Oc3ccccc3)cc2)cn1. The Morgan fingerprint density at radius 1 is 1.06 bits per heavy atom. The van der Waals surface area contributed by atoms with Crippen LogP contribution in [0.4, 0.5) is 0 Å². The van der Waals surface area contributed by atoms with Crippen molar-refractivity contribution in [3.8, 4) is 11.5 Å². The molecular formula is C25H25AsN4O2. The van der Waals surface area contributed by atoms with E-state index >= 15 is 0 Å². The number of ether oxygens (including phenoxy) is 1. The van der Waals surface area contributed by atoms with Crippen molar-refractivity contribution in [1.29, 1.82) is 0 Å². The Morgan fingerprint density at radius 2 is 1.78 bits per heavy atom.